The number of methoxy groups -OCH3 is 1. The van der Waals surface area contributed by atoms with Gasteiger partial charge in [0.2, 0.25) is 5.91 Å². The Morgan fingerprint density at radius 3 is 2.50 bits per heavy atom. The first-order valence-corrected chi connectivity index (χ1v) is 7.35. The Balaban J connectivity index is 1.91. The van der Waals surface area contributed by atoms with E-state index in [9.17, 15) is 14.0 Å². The Hall–Kier alpha value is -2.89. The number of carbonyl (C=O) groups excluding carboxylic acids is 2. The molecule has 0 radical (unpaired) electrons. The van der Waals surface area contributed by atoms with Crippen LogP contribution in [0, 0.1) is 11.7 Å². The molecule has 0 aliphatic heterocycles. The van der Waals surface area contributed by atoms with E-state index >= 15 is 0 Å². The molecule has 2 rings (SSSR count). The van der Waals surface area contributed by atoms with Crippen LogP contribution in [-0.4, -0.2) is 19.0 Å². The van der Waals surface area contributed by atoms with Crippen LogP contribution < -0.4 is 10.1 Å². The number of esters is 1. The van der Waals surface area contributed by atoms with E-state index in [0.29, 0.717) is 11.4 Å². The highest BCUT2D eigenvalue weighted by Crippen LogP contribution is 2.18. The number of ether oxygens (including phenoxy) is 2. The van der Waals surface area contributed by atoms with E-state index in [0.717, 1.165) is 5.56 Å². The molecule has 2 aromatic carbocycles. The van der Waals surface area contributed by atoms with Gasteiger partial charge in [0.15, 0.2) is 0 Å². The molecule has 0 heterocycles. The summed E-state index contributed by atoms with van der Waals surface area (Å²) in [5, 5.41) is 2.62. The number of rotatable bonds is 6. The molecule has 5 nitrogen and oxygen atoms in total. The highest BCUT2D eigenvalue weighted by molar-refractivity contribution is 6.04. The van der Waals surface area contributed by atoms with Crippen LogP contribution in [0.4, 0.5) is 10.1 Å². The molecule has 6 heteroatoms. The Kier molecular flexibility index (Phi) is 5.89. The molecule has 2 aromatic rings. The normalized spacial score (nSPS) is 11.5. The lowest BCUT2D eigenvalue weighted by atomic mass is 10.1. The van der Waals surface area contributed by atoms with Gasteiger partial charge in [0.25, 0.3) is 0 Å². The molecule has 0 aliphatic rings. The lowest BCUT2D eigenvalue weighted by molar-refractivity contribution is -0.147. The Morgan fingerprint density at radius 2 is 1.88 bits per heavy atom. The number of hydrogen-bond donors (Lipinski definition) is 1. The molecule has 0 spiro atoms. The number of anilines is 1. The average molecular weight is 331 g/mol. The van der Waals surface area contributed by atoms with Crippen molar-refractivity contribution in [3.63, 3.8) is 0 Å². The van der Waals surface area contributed by atoms with Crippen molar-refractivity contribution in [1.29, 1.82) is 0 Å². The SMILES string of the molecule is COC(=O)C(C)C(=O)Nc1ccc(OCc2cccc(F)c2)cc1. The highest BCUT2D eigenvalue weighted by Gasteiger charge is 2.21. The van der Waals surface area contributed by atoms with E-state index in [1.54, 1.807) is 36.4 Å². The summed E-state index contributed by atoms with van der Waals surface area (Å²) in [6.07, 6.45) is 0. The van der Waals surface area contributed by atoms with Crippen molar-refractivity contribution < 1.29 is 23.5 Å². The second kappa shape index (κ2) is 8.10. The molecule has 0 fully saturated rings. The molecule has 0 saturated heterocycles. The first-order valence-electron chi connectivity index (χ1n) is 7.35. The van der Waals surface area contributed by atoms with E-state index in [2.05, 4.69) is 10.1 Å². The molecule has 1 atom stereocenters. The molecule has 1 unspecified atom stereocenters. The van der Waals surface area contributed by atoms with Gasteiger partial charge in [-0.15, -0.1) is 0 Å². The highest BCUT2D eigenvalue weighted by atomic mass is 19.1. The molecule has 1 amide bonds. The van der Waals surface area contributed by atoms with Crippen LogP contribution in [0.5, 0.6) is 5.75 Å². The Morgan fingerprint density at radius 1 is 1.17 bits per heavy atom. The summed E-state index contributed by atoms with van der Waals surface area (Å²) in [6, 6.07) is 12.8. The van der Waals surface area contributed by atoms with Crippen molar-refractivity contribution in [2.75, 3.05) is 12.4 Å². The molecular formula is C18H18FNO4. The Bertz CT molecular complexity index is 715. The fourth-order valence-electron chi connectivity index (χ4n) is 1.96. The molecule has 24 heavy (non-hydrogen) atoms. The van der Waals surface area contributed by atoms with Gasteiger partial charge in [0.05, 0.1) is 7.11 Å². The zero-order chi connectivity index (χ0) is 17.5. The summed E-state index contributed by atoms with van der Waals surface area (Å²) < 4.78 is 23.2. The zero-order valence-corrected chi connectivity index (χ0v) is 13.4. The van der Waals surface area contributed by atoms with Crippen molar-refractivity contribution in [2.24, 2.45) is 5.92 Å². The van der Waals surface area contributed by atoms with Crippen LogP contribution in [0.1, 0.15) is 12.5 Å². The van der Waals surface area contributed by atoms with Gasteiger partial charge in [0, 0.05) is 5.69 Å². The summed E-state index contributed by atoms with van der Waals surface area (Å²) in [5.74, 6) is -1.66. The van der Waals surface area contributed by atoms with Crippen molar-refractivity contribution in [1.82, 2.24) is 0 Å². The smallest absolute Gasteiger partial charge is 0.317 e. The van der Waals surface area contributed by atoms with Crippen LogP contribution in [0.25, 0.3) is 0 Å². The maximum absolute atomic E-state index is 13.1. The van der Waals surface area contributed by atoms with Crippen molar-refractivity contribution in [2.45, 2.75) is 13.5 Å². The topological polar surface area (TPSA) is 64.6 Å². The molecular weight excluding hydrogens is 313 g/mol. The number of carbonyl (C=O) groups is 2. The number of nitrogens with one attached hydrogen (secondary N) is 1. The average Bonchev–Trinajstić information content (AvgIpc) is 2.59. The fourth-order valence-corrected chi connectivity index (χ4v) is 1.96. The van der Waals surface area contributed by atoms with E-state index in [1.807, 2.05) is 0 Å². The largest absolute Gasteiger partial charge is 0.489 e. The number of benzene rings is 2. The van der Waals surface area contributed by atoms with Crippen molar-refractivity contribution in [3.05, 3.63) is 59.9 Å². The number of hydrogen-bond acceptors (Lipinski definition) is 4. The molecule has 0 saturated carbocycles. The number of amides is 1. The van der Waals surface area contributed by atoms with Crippen molar-refractivity contribution in [3.8, 4) is 5.75 Å². The zero-order valence-electron chi connectivity index (χ0n) is 13.4. The van der Waals surface area contributed by atoms with Crippen molar-refractivity contribution >= 4 is 17.6 Å². The van der Waals surface area contributed by atoms with Gasteiger partial charge in [-0.2, -0.15) is 0 Å². The molecule has 0 aromatic heterocycles. The van der Waals surface area contributed by atoms with Crippen LogP contribution >= 0.6 is 0 Å². The summed E-state index contributed by atoms with van der Waals surface area (Å²) in [5.41, 5.74) is 1.26. The minimum absolute atomic E-state index is 0.239. The third-order valence-corrected chi connectivity index (χ3v) is 3.36. The predicted octanol–water partition coefficient (Wildman–Crippen LogP) is 3.15. The van der Waals surface area contributed by atoms with Gasteiger partial charge < -0.3 is 14.8 Å². The van der Waals surface area contributed by atoms with E-state index in [1.165, 1.54) is 26.2 Å². The van der Waals surface area contributed by atoms with Crippen LogP contribution in [-0.2, 0) is 20.9 Å². The minimum Gasteiger partial charge on any atom is -0.489 e. The van der Waals surface area contributed by atoms with Crippen LogP contribution in [0.15, 0.2) is 48.5 Å². The van der Waals surface area contributed by atoms with Gasteiger partial charge in [-0.1, -0.05) is 12.1 Å². The summed E-state index contributed by atoms with van der Waals surface area (Å²) >= 11 is 0. The summed E-state index contributed by atoms with van der Waals surface area (Å²) in [6.45, 7) is 1.71. The maximum Gasteiger partial charge on any atom is 0.317 e. The van der Waals surface area contributed by atoms with Gasteiger partial charge in [-0.25, -0.2) is 4.39 Å². The predicted molar refractivity (Wildman–Crippen MR) is 87.0 cm³/mol. The first-order chi connectivity index (χ1) is 11.5. The molecule has 0 aliphatic carbocycles. The third kappa shape index (κ3) is 4.81. The lowest BCUT2D eigenvalue weighted by Crippen LogP contribution is -2.28. The molecule has 1 N–H and O–H groups in total. The summed E-state index contributed by atoms with van der Waals surface area (Å²) in [7, 11) is 1.23. The molecule has 126 valence electrons. The fraction of sp³-hybridized carbons (Fsp3) is 0.222. The summed E-state index contributed by atoms with van der Waals surface area (Å²) in [4.78, 5) is 23.2. The van der Waals surface area contributed by atoms with Gasteiger partial charge in [-0.05, 0) is 48.9 Å². The first kappa shape index (κ1) is 17.5. The second-order valence-electron chi connectivity index (χ2n) is 5.18. The standard InChI is InChI=1S/C18H18FNO4/c1-12(18(22)23-2)17(21)20-15-6-8-16(9-7-15)24-11-13-4-3-5-14(19)10-13/h3-10,12H,11H2,1-2H3,(H,20,21). The van der Waals surface area contributed by atoms with Crippen LogP contribution in [0.2, 0.25) is 0 Å². The third-order valence-electron chi connectivity index (χ3n) is 3.36. The van der Waals surface area contributed by atoms with E-state index < -0.39 is 17.8 Å². The van der Waals surface area contributed by atoms with Gasteiger partial charge >= 0.3 is 5.97 Å². The number of halogens is 1. The van der Waals surface area contributed by atoms with Gasteiger partial charge in [0.1, 0.15) is 24.1 Å². The quantitative estimate of drug-likeness (QED) is 0.652. The minimum atomic E-state index is -0.890. The monoisotopic (exact) mass is 331 g/mol. The maximum atomic E-state index is 13.1. The Labute approximate surface area is 139 Å². The lowest BCUT2D eigenvalue weighted by Gasteiger charge is -2.11. The van der Waals surface area contributed by atoms with E-state index in [-0.39, 0.29) is 12.4 Å². The van der Waals surface area contributed by atoms with Crippen LogP contribution in [0.3, 0.4) is 0 Å². The second-order valence-corrected chi connectivity index (χ2v) is 5.18. The van der Waals surface area contributed by atoms with Gasteiger partial charge in [-0.3, -0.25) is 9.59 Å². The van der Waals surface area contributed by atoms with E-state index in [4.69, 9.17) is 4.74 Å². The molecule has 0 bridgehead atoms.